The molecule has 8 nitrogen and oxygen atoms in total. The zero-order valence-corrected chi connectivity index (χ0v) is 20.2. The molecule has 0 N–H and O–H groups in total. The van der Waals surface area contributed by atoms with Crippen LogP contribution in [0.4, 0.5) is 24.5 Å². The van der Waals surface area contributed by atoms with Gasteiger partial charge in [-0.2, -0.15) is 18.4 Å². The lowest BCUT2D eigenvalue weighted by Crippen LogP contribution is -2.62. The molecule has 37 heavy (non-hydrogen) atoms. The number of nitriles is 1. The summed E-state index contributed by atoms with van der Waals surface area (Å²) in [5.74, 6) is 2.13. The third kappa shape index (κ3) is 3.97. The summed E-state index contributed by atoms with van der Waals surface area (Å²) in [6.45, 7) is 1.96. The maximum Gasteiger partial charge on any atom is 0.419 e. The molecule has 2 saturated heterocycles. The first-order valence-corrected chi connectivity index (χ1v) is 11.9. The van der Waals surface area contributed by atoms with Crippen LogP contribution in [-0.2, 0) is 15.8 Å². The lowest BCUT2D eigenvalue weighted by molar-refractivity contribution is -0.140. The Morgan fingerprint density at radius 2 is 1.92 bits per heavy atom. The van der Waals surface area contributed by atoms with Crippen molar-refractivity contribution in [3.8, 4) is 24.2 Å². The van der Waals surface area contributed by atoms with Gasteiger partial charge in [0.05, 0.1) is 24.0 Å². The molecule has 5 rings (SSSR count). The van der Waals surface area contributed by atoms with Gasteiger partial charge < -0.3 is 9.64 Å². The van der Waals surface area contributed by atoms with Gasteiger partial charge in [0, 0.05) is 25.2 Å². The summed E-state index contributed by atoms with van der Waals surface area (Å²) in [6.07, 6.45) is 1.80. The number of likely N-dealkylation sites (tertiary alicyclic amines) is 1. The summed E-state index contributed by atoms with van der Waals surface area (Å²) in [5.41, 5.74) is -4.48. The van der Waals surface area contributed by atoms with E-state index in [1.807, 2.05) is 0 Å². The molecule has 2 unspecified atom stereocenters. The number of hydrogen-bond acceptors (Lipinski definition) is 8. The van der Waals surface area contributed by atoms with E-state index in [4.69, 9.17) is 16.4 Å². The molecule has 3 heterocycles. The minimum absolute atomic E-state index is 0.00746. The second-order valence-electron chi connectivity index (χ2n) is 9.01. The average molecular weight is 528 g/mol. The minimum atomic E-state index is -4.86. The van der Waals surface area contributed by atoms with Crippen LogP contribution in [0.15, 0.2) is 36.5 Å². The number of benzene rings is 1. The molecular formula is C25H20F3N5O3S. The molecule has 3 aliphatic rings. The Balaban J connectivity index is 1.44. The minimum Gasteiger partial charge on any atom is -0.488 e. The van der Waals surface area contributed by atoms with E-state index in [2.05, 4.69) is 28.4 Å². The largest absolute Gasteiger partial charge is 0.488 e. The molecule has 1 amide bonds. The fourth-order valence-corrected chi connectivity index (χ4v) is 5.46. The molecule has 0 radical (unpaired) electrons. The van der Waals surface area contributed by atoms with Crippen molar-refractivity contribution in [3.63, 3.8) is 0 Å². The molecular weight excluding hydrogens is 507 g/mol. The summed E-state index contributed by atoms with van der Waals surface area (Å²) >= 11 is 4.55. The number of halogens is 3. The molecule has 2 aromatic rings. The summed E-state index contributed by atoms with van der Waals surface area (Å²) in [6, 6.07) is 8.87. The van der Waals surface area contributed by atoms with Crippen molar-refractivity contribution in [2.75, 3.05) is 29.4 Å². The number of pyridine rings is 1. The molecule has 2 aliphatic heterocycles. The Morgan fingerprint density at radius 3 is 2.46 bits per heavy atom. The highest BCUT2D eigenvalue weighted by atomic mass is 32.1. The van der Waals surface area contributed by atoms with Gasteiger partial charge in [-0.15, -0.1) is 19.1 Å². The van der Waals surface area contributed by atoms with Crippen LogP contribution >= 0.6 is 12.6 Å². The van der Waals surface area contributed by atoms with E-state index in [1.54, 1.807) is 24.3 Å². The van der Waals surface area contributed by atoms with Crippen LogP contribution in [0.5, 0.6) is 5.75 Å². The van der Waals surface area contributed by atoms with Crippen LogP contribution in [0, 0.1) is 23.7 Å². The number of anilines is 2. The second kappa shape index (κ2) is 8.98. The van der Waals surface area contributed by atoms with E-state index in [-0.39, 0.29) is 30.4 Å². The molecule has 3 fully saturated rings. The average Bonchev–Trinajstić information content (AvgIpc) is 3.09. The number of terminal acetylenes is 1. The number of ketones is 1. The van der Waals surface area contributed by atoms with Crippen molar-refractivity contribution in [3.05, 3.63) is 47.8 Å². The highest BCUT2D eigenvalue weighted by molar-refractivity contribution is 7.81. The van der Waals surface area contributed by atoms with Gasteiger partial charge in [-0.3, -0.25) is 19.4 Å². The monoisotopic (exact) mass is 527 g/mol. The molecule has 1 saturated carbocycles. The molecule has 1 aliphatic carbocycles. The van der Waals surface area contributed by atoms with E-state index in [1.165, 1.54) is 11.0 Å². The number of Topliss-reactive ketones (excluding diaryl/α,β-unsaturated/α-hetero) is 1. The Labute approximate surface area is 216 Å². The standard InChI is InChI=1S/C25H20F3N5O3S/c1-2-9-31-13-18(14-31)36-17-5-3-15(4-6-17)33-23(37)32(22(35)24(33)8-7-21(24)34)16-10-19(25(26,27)28)20(11-29)30-12-16/h1,3-6,10,12,18,23,37H,7-9,13-14H2. The SMILES string of the molecule is C#CCN1CC(Oc2ccc(N3C(S)N(c4cnc(C#N)c(C(F)(F)F)c4)C(=O)C34CCC4=O)cc2)C1. The van der Waals surface area contributed by atoms with Crippen molar-refractivity contribution in [2.45, 2.75) is 36.2 Å². The van der Waals surface area contributed by atoms with E-state index in [0.717, 1.165) is 11.1 Å². The third-order valence-corrected chi connectivity index (χ3v) is 7.30. The van der Waals surface area contributed by atoms with Gasteiger partial charge in [0.1, 0.15) is 17.9 Å². The number of carbonyl (C=O) groups excluding carboxylic acids is 2. The summed E-state index contributed by atoms with van der Waals surface area (Å²) in [4.78, 5) is 34.6. The Hall–Kier alpha value is -3.74. The zero-order chi connectivity index (χ0) is 26.5. The predicted octanol–water partition coefficient (Wildman–Crippen LogP) is 2.84. The number of nitrogens with zero attached hydrogens (tertiary/aromatic N) is 5. The van der Waals surface area contributed by atoms with Gasteiger partial charge in [-0.1, -0.05) is 5.92 Å². The first kappa shape index (κ1) is 24.9. The Morgan fingerprint density at radius 1 is 1.22 bits per heavy atom. The molecule has 1 aromatic carbocycles. The summed E-state index contributed by atoms with van der Waals surface area (Å²) in [7, 11) is 0. The lowest BCUT2D eigenvalue weighted by atomic mass is 9.73. The molecule has 1 spiro atoms. The number of alkyl halides is 3. The van der Waals surface area contributed by atoms with Gasteiger partial charge in [0.2, 0.25) is 0 Å². The van der Waals surface area contributed by atoms with E-state index in [9.17, 15) is 22.8 Å². The fraction of sp³-hybridized carbons (Fsp3) is 0.360. The van der Waals surface area contributed by atoms with Gasteiger partial charge in [0.25, 0.3) is 5.91 Å². The molecule has 0 bridgehead atoms. The van der Waals surface area contributed by atoms with Gasteiger partial charge >= 0.3 is 6.18 Å². The smallest absolute Gasteiger partial charge is 0.419 e. The predicted molar refractivity (Wildman–Crippen MR) is 130 cm³/mol. The second-order valence-corrected chi connectivity index (χ2v) is 9.47. The summed E-state index contributed by atoms with van der Waals surface area (Å²) in [5, 5.41) is 9.05. The van der Waals surface area contributed by atoms with E-state index < -0.39 is 34.4 Å². The number of ether oxygens (including phenoxy) is 1. The van der Waals surface area contributed by atoms with Crippen LogP contribution < -0.4 is 14.5 Å². The number of hydrogen-bond donors (Lipinski definition) is 1. The van der Waals surface area contributed by atoms with Crippen molar-refractivity contribution >= 4 is 35.7 Å². The van der Waals surface area contributed by atoms with Crippen LogP contribution in [0.3, 0.4) is 0 Å². The van der Waals surface area contributed by atoms with Crippen LogP contribution in [0.1, 0.15) is 24.1 Å². The van der Waals surface area contributed by atoms with Crippen molar-refractivity contribution in [2.24, 2.45) is 0 Å². The quantitative estimate of drug-likeness (QED) is 0.363. The van der Waals surface area contributed by atoms with Crippen molar-refractivity contribution < 1.29 is 27.5 Å². The van der Waals surface area contributed by atoms with Crippen LogP contribution in [0.25, 0.3) is 0 Å². The highest BCUT2D eigenvalue weighted by Gasteiger charge is 2.65. The molecule has 1 aromatic heterocycles. The van der Waals surface area contributed by atoms with Gasteiger partial charge in [0.15, 0.2) is 22.5 Å². The maximum absolute atomic E-state index is 13.6. The topological polar surface area (TPSA) is 89.8 Å². The Bertz CT molecular complexity index is 1350. The van der Waals surface area contributed by atoms with Crippen molar-refractivity contribution in [1.29, 1.82) is 5.26 Å². The number of amides is 1. The number of carbonyl (C=O) groups is 2. The Kier molecular flexibility index (Phi) is 6.05. The maximum atomic E-state index is 13.6. The first-order chi connectivity index (χ1) is 17.6. The molecule has 12 heteroatoms. The van der Waals surface area contributed by atoms with E-state index >= 15 is 0 Å². The van der Waals surface area contributed by atoms with Gasteiger partial charge in [-0.05, 0) is 36.8 Å². The lowest BCUT2D eigenvalue weighted by Gasteiger charge is -2.43. The number of rotatable bonds is 5. The first-order valence-electron chi connectivity index (χ1n) is 11.3. The fourth-order valence-electron chi connectivity index (χ4n) is 4.89. The zero-order valence-electron chi connectivity index (χ0n) is 19.3. The molecule has 190 valence electrons. The highest BCUT2D eigenvalue weighted by Crippen LogP contribution is 2.48. The number of thiol groups is 1. The van der Waals surface area contributed by atoms with Crippen LogP contribution in [0.2, 0.25) is 0 Å². The molecule has 2 atom stereocenters. The normalized spacial score (nSPS) is 24.0. The van der Waals surface area contributed by atoms with E-state index in [0.29, 0.717) is 37.1 Å². The third-order valence-electron chi connectivity index (χ3n) is 6.84. The van der Waals surface area contributed by atoms with Gasteiger partial charge in [-0.25, -0.2) is 4.98 Å². The van der Waals surface area contributed by atoms with Crippen LogP contribution in [-0.4, -0.2) is 58.3 Å². The summed E-state index contributed by atoms with van der Waals surface area (Å²) < 4.78 is 46.6. The number of aromatic nitrogens is 1. The van der Waals surface area contributed by atoms with Crippen molar-refractivity contribution in [1.82, 2.24) is 9.88 Å².